The zero-order chi connectivity index (χ0) is 18.1. The van der Waals surface area contributed by atoms with Crippen LogP contribution in [0.5, 0.6) is 0 Å². The number of carbonyl (C=O) groups excluding carboxylic acids is 2. The number of hydrogen-bond donors (Lipinski definition) is 1. The largest absolute Gasteiger partial charge is 0.348 e. The van der Waals surface area contributed by atoms with Gasteiger partial charge in [0.1, 0.15) is 0 Å². The number of piperidine rings is 1. The monoisotopic (exact) mass is 353 g/mol. The van der Waals surface area contributed by atoms with Gasteiger partial charge in [0.25, 0.3) is 0 Å². The molecule has 2 aromatic heterocycles. The lowest BCUT2D eigenvalue weighted by Gasteiger charge is -2.50. The molecular weight excluding hydrogens is 330 g/mol. The zero-order valence-electron chi connectivity index (χ0n) is 14.9. The molecule has 2 aliphatic rings. The van der Waals surface area contributed by atoms with Gasteiger partial charge in [-0.15, -0.1) is 0 Å². The average Bonchev–Trinajstić information content (AvgIpc) is 3.13. The Kier molecular flexibility index (Phi) is 4.22. The van der Waals surface area contributed by atoms with Gasteiger partial charge in [0, 0.05) is 51.1 Å². The van der Waals surface area contributed by atoms with E-state index in [9.17, 15) is 9.59 Å². The van der Waals surface area contributed by atoms with E-state index in [2.05, 4.69) is 15.0 Å². The first-order valence-electron chi connectivity index (χ1n) is 9.08. The highest BCUT2D eigenvalue weighted by Crippen LogP contribution is 2.42. The number of amides is 2. The molecule has 0 aromatic carbocycles. The Hall–Kier alpha value is -2.70. The van der Waals surface area contributed by atoms with E-state index in [1.54, 1.807) is 25.6 Å². The van der Waals surface area contributed by atoms with Gasteiger partial charge in [-0.25, -0.2) is 4.98 Å². The molecule has 1 fully saturated rings. The van der Waals surface area contributed by atoms with E-state index in [0.717, 1.165) is 36.2 Å². The van der Waals surface area contributed by atoms with E-state index in [1.165, 1.54) is 0 Å². The fraction of sp³-hybridized carbons (Fsp3) is 0.474. The SMILES string of the molecule is CC(=O)N1CCc2[nH]cnc2C12CCN(C(=O)Cc1cccnc1)CC2. The van der Waals surface area contributed by atoms with Gasteiger partial charge in [-0.3, -0.25) is 14.6 Å². The van der Waals surface area contributed by atoms with Crippen molar-refractivity contribution in [3.05, 3.63) is 47.8 Å². The van der Waals surface area contributed by atoms with E-state index in [0.29, 0.717) is 26.1 Å². The summed E-state index contributed by atoms with van der Waals surface area (Å²) in [5, 5.41) is 0. The predicted molar refractivity (Wildman–Crippen MR) is 95.1 cm³/mol. The maximum atomic E-state index is 12.6. The summed E-state index contributed by atoms with van der Waals surface area (Å²) < 4.78 is 0. The molecular formula is C19H23N5O2. The minimum absolute atomic E-state index is 0.0776. The molecule has 7 heteroatoms. The van der Waals surface area contributed by atoms with Crippen LogP contribution in [0.25, 0.3) is 0 Å². The number of carbonyl (C=O) groups is 2. The van der Waals surface area contributed by atoms with Gasteiger partial charge in [0.05, 0.1) is 24.0 Å². The first-order valence-corrected chi connectivity index (χ1v) is 9.08. The summed E-state index contributed by atoms with van der Waals surface area (Å²) >= 11 is 0. The van der Waals surface area contributed by atoms with E-state index >= 15 is 0 Å². The highest BCUT2D eigenvalue weighted by Gasteiger charge is 2.48. The molecule has 1 saturated heterocycles. The van der Waals surface area contributed by atoms with Crippen molar-refractivity contribution in [3.8, 4) is 0 Å². The maximum Gasteiger partial charge on any atom is 0.227 e. The number of aromatic amines is 1. The van der Waals surface area contributed by atoms with Crippen LogP contribution >= 0.6 is 0 Å². The second-order valence-electron chi connectivity index (χ2n) is 7.10. The topological polar surface area (TPSA) is 82.2 Å². The predicted octanol–water partition coefficient (Wildman–Crippen LogP) is 1.27. The van der Waals surface area contributed by atoms with Crippen LogP contribution in [0.4, 0.5) is 0 Å². The van der Waals surface area contributed by atoms with Crippen molar-refractivity contribution in [3.63, 3.8) is 0 Å². The van der Waals surface area contributed by atoms with Crippen LogP contribution in [-0.4, -0.2) is 56.2 Å². The number of hydrogen-bond acceptors (Lipinski definition) is 4. The van der Waals surface area contributed by atoms with E-state index < -0.39 is 0 Å². The first kappa shape index (κ1) is 16.8. The average molecular weight is 353 g/mol. The van der Waals surface area contributed by atoms with Crippen LogP contribution in [0.15, 0.2) is 30.9 Å². The normalized spacial score (nSPS) is 18.7. The van der Waals surface area contributed by atoms with Crippen molar-refractivity contribution in [1.29, 1.82) is 0 Å². The van der Waals surface area contributed by atoms with Gasteiger partial charge in [-0.2, -0.15) is 0 Å². The number of pyridine rings is 1. The van der Waals surface area contributed by atoms with Gasteiger partial charge < -0.3 is 14.8 Å². The molecule has 4 heterocycles. The third-order valence-corrected chi connectivity index (χ3v) is 5.66. The molecule has 0 radical (unpaired) electrons. The van der Waals surface area contributed by atoms with E-state index in [1.807, 2.05) is 21.9 Å². The Morgan fingerprint density at radius 1 is 1.27 bits per heavy atom. The molecule has 0 aliphatic carbocycles. The molecule has 26 heavy (non-hydrogen) atoms. The van der Waals surface area contributed by atoms with Crippen LogP contribution in [0, 0.1) is 0 Å². The van der Waals surface area contributed by atoms with Gasteiger partial charge in [-0.1, -0.05) is 6.07 Å². The van der Waals surface area contributed by atoms with Gasteiger partial charge >= 0.3 is 0 Å². The fourth-order valence-corrected chi connectivity index (χ4v) is 4.36. The number of likely N-dealkylation sites (tertiary alicyclic amines) is 1. The fourth-order valence-electron chi connectivity index (χ4n) is 4.36. The molecule has 0 bridgehead atoms. The highest BCUT2D eigenvalue weighted by atomic mass is 16.2. The van der Waals surface area contributed by atoms with Crippen LogP contribution in [0.1, 0.15) is 36.7 Å². The molecule has 7 nitrogen and oxygen atoms in total. The molecule has 2 aliphatic heterocycles. The number of imidazole rings is 1. The quantitative estimate of drug-likeness (QED) is 0.881. The van der Waals surface area contributed by atoms with Gasteiger partial charge in [0.2, 0.25) is 11.8 Å². The number of rotatable bonds is 2. The Labute approximate surface area is 152 Å². The lowest BCUT2D eigenvalue weighted by Crippen LogP contribution is -2.58. The number of aromatic nitrogens is 3. The van der Waals surface area contributed by atoms with Crippen LogP contribution in [0.2, 0.25) is 0 Å². The second kappa shape index (κ2) is 6.55. The third kappa shape index (κ3) is 2.77. The molecule has 0 saturated carbocycles. The molecule has 136 valence electrons. The Morgan fingerprint density at radius 2 is 2.08 bits per heavy atom. The number of nitrogens with zero attached hydrogens (tertiary/aromatic N) is 4. The summed E-state index contributed by atoms with van der Waals surface area (Å²) in [5.74, 6) is 0.189. The molecule has 2 amide bonds. The van der Waals surface area contributed by atoms with Crippen LogP contribution in [0.3, 0.4) is 0 Å². The van der Waals surface area contributed by atoms with Crippen molar-refractivity contribution < 1.29 is 9.59 Å². The van der Waals surface area contributed by atoms with Crippen molar-refractivity contribution >= 4 is 11.8 Å². The minimum Gasteiger partial charge on any atom is -0.348 e. The number of nitrogens with one attached hydrogen (secondary N) is 1. The summed E-state index contributed by atoms with van der Waals surface area (Å²) in [4.78, 5) is 40.6. The minimum atomic E-state index is -0.384. The molecule has 2 aromatic rings. The van der Waals surface area contributed by atoms with Crippen LogP contribution < -0.4 is 0 Å². The Morgan fingerprint density at radius 3 is 2.77 bits per heavy atom. The molecule has 0 atom stereocenters. The smallest absolute Gasteiger partial charge is 0.227 e. The van der Waals surface area contributed by atoms with Crippen molar-refractivity contribution in [2.75, 3.05) is 19.6 Å². The Bertz CT molecular complexity index is 808. The standard InChI is InChI=1S/C19H23N5O2/c1-14(25)24-8-4-16-18(22-13-21-16)19(24)5-9-23(10-6-19)17(26)11-15-3-2-7-20-12-15/h2-3,7,12-13H,4-6,8-11H2,1H3,(H,21,22). The summed E-state index contributed by atoms with van der Waals surface area (Å²) in [6.07, 6.45) is 7.78. The van der Waals surface area contributed by atoms with E-state index in [4.69, 9.17) is 0 Å². The summed E-state index contributed by atoms with van der Waals surface area (Å²) in [6, 6.07) is 3.77. The number of fused-ring (bicyclic) bond motifs is 2. The summed E-state index contributed by atoms with van der Waals surface area (Å²) in [5.41, 5.74) is 2.65. The molecule has 0 unspecified atom stereocenters. The molecule has 1 N–H and O–H groups in total. The molecule has 1 spiro atoms. The van der Waals surface area contributed by atoms with Crippen LogP contribution in [-0.2, 0) is 28.0 Å². The van der Waals surface area contributed by atoms with Crippen molar-refractivity contribution in [2.24, 2.45) is 0 Å². The van der Waals surface area contributed by atoms with Crippen molar-refractivity contribution in [1.82, 2.24) is 24.8 Å². The lowest BCUT2D eigenvalue weighted by atomic mass is 9.78. The Balaban J connectivity index is 1.51. The highest BCUT2D eigenvalue weighted by molar-refractivity contribution is 5.79. The van der Waals surface area contributed by atoms with Gasteiger partial charge in [0.15, 0.2) is 0 Å². The van der Waals surface area contributed by atoms with Gasteiger partial charge in [-0.05, 0) is 24.5 Å². The molecule has 4 rings (SSSR count). The summed E-state index contributed by atoms with van der Waals surface area (Å²) in [6.45, 7) is 3.60. The number of H-pyrrole nitrogens is 1. The maximum absolute atomic E-state index is 12.6. The second-order valence-corrected chi connectivity index (χ2v) is 7.10. The van der Waals surface area contributed by atoms with Crippen molar-refractivity contribution in [2.45, 2.75) is 38.1 Å². The lowest BCUT2D eigenvalue weighted by molar-refractivity contribution is -0.142. The van der Waals surface area contributed by atoms with E-state index in [-0.39, 0.29) is 17.4 Å². The summed E-state index contributed by atoms with van der Waals surface area (Å²) in [7, 11) is 0. The third-order valence-electron chi connectivity index (χ3n) is 5.66. The zero-order valence-corrected chi connectivity index (χ0v) is 14.9. The first-order chi connectivity index (χ1) is 12.6.